The molecule has 0 aliphatic rings. The molecule has 0 unspecified atom stereocenters. The smallest absolute Gasteiger partial charge is 0.158 e. The lowest BCUT2D eigenvalue weighted by Gasteiger charge is -2.06. The Morgan fingerprint density at radius 2 is 1.76 bits per heavy atom. The maximum Gasteiger partial charge on any atom is 0.158 e. The molecule has 0 saturated heterocycles. The third-order valence-electron chi connectivity index (χ3n) is 2.15. The van der Waals surface area contributed by atoms with Crippen molar-refractivity contribution in [3.63, 3.8) is 0 Å². The lowest BCUT2D eigenvalue weighted by molar-refractivity contribution is -0.125. The van der Waals surface area contributed by atoms with E-state index in [0.717, 1.165) is 19.4 Å². The van der Waals surface area contributed by atoms with E-state index in [1.54, 1.807) is 0 Å². The minimum absolute atomic E-state index is 0.126. The summed E-state index contributed by atoms with van der Waals surface area (Å²) in [6.07, 6.45) is 2.50. The first-order chi connectivity index (χ1) is 8.16. The number of hydrogen-bond acceptors (Lipinski definition) is 4. The van der Waals surface area contributed by atoms with Crippen molar-refractivity contribution >= 4 is 5.78 Å². The minimum Gasteiger partial charge on any atom is -0.379 e. The molecule has 0 N–H and O–H groups in total. The highest BCUT2D eigenvalue weighted by Gasteiger charge is 2.03. The Kier molecular flexibility index (Phi) is 11.7. The first kappa shape index (κ1) is 16.6. The predicted octanol–water partition coefficient (Wildman–Crippen LogP) is 2.20. The van der Waals surface area contributed by atoms with Gasteiger partial charge in [-0.1, -0.05) is 0 Å². The number of Topliss-reactive ketones (excluding diaryl/α,β-unsaturated/α-hetero) is 1. The maximum atomic E-state index is 11.3. The fourth-order valence-electron chi connectivity index (χ4n) is 1.22. The Morgan fingerprint density at radius 1 is 1.06 bits per heavy atom. The molecule has 0 radical (unpaired) electrons. The van der Waals surface area contributed by atoms with Crippen LogP contribution in [0.4, 0.5) is 0 Å². The van der Waals surface area contributed by atoms with Crippen LogP contribution < -0.4 is 0 Å². The Bertz CT molecular complexity index is 180. The van der Waals surface area contributed by atoms with Crippen LogP contribution in [0.25, 0.3) is 0 Å². The fraction of sp³-hybridized carbons (Fsp3) is 0.923. The van der Waals surface area contributed by atoms with Crippen molar-refractivity contribution in [1.29, 1.82) is 0 Å². The van der Waals surface area contributed by atoms with Crippen LogP contribution in [0.1, 0.15) is 40.0 Å². The normalized spacial score (nSPS) is 11.1. The van der Waals surface area contributed by atoms with Crippen LogP contribution in [0.5, 0.6) is 0 Å². The molecule has 102 valence electrons. The zero-order valence-corrected chi connectivity index (χ0v) is 11.4. The van der Waals surface area contributed by atoms with Gasteiger partial charge < -0.3 is 14.2 Å². The van der Waals surface area contributed by atoms with Gasteiger partial charge in [0.25, 0.3) is 0 Å². The van der Waals surface area contributed by atoms with Gasteiger partial charge in [0, 0.05) is 19.6 Å². The van der Waals surface area contributed by atoms with E-state index in [0.29, 0.717) is 26.2 Å². The number of carbonyl (C=O) groups excluding carboxylic acids is 1. The standard InChI is InChI=1S/C13H26O4/c1-4-15-9-10-16-8-6-5-7-13(14)11-17-12(2)3/h12H,4-11H2,1-3H3. The lowest BCUT2D eigenvalue weighted by atomic mass is 10.2. The zero-order valence-electron chi connectivity index (χ0n) is 11.4. The first-order valence-corrected chi connectivity index (χ1v) is 6.45. The van der Waals surface area contributed by atoms with Crippen LogP contribution in [0.15, 0.2) is 0 Å². The van der Waals surface area contributed by atoms with Crippen molar-refractivity contribution in [3.05, 3.63) is 0 Å². The van der Waals surface area contributed by atoms with E-state index in [9.17, 15) is 4.79 Å². The molecule has 0 heterocycles. The molecule has 4 nitrogen and oxygen atoms in total. The first-order valence-electron chi connectivity index (χ1n) is 6.45. The van der Waals surface area contributed by atoms with Gasteiger partial charge in [-0.15, -0.1) is 0 Å². The molecule has 0 aromatic heterocycles. The van der Waals surface area contributed by atoms with Crippen LogP contribution in [0.2, 0.25) is 0 Å². The molecule has 4 heteroatoms. The summed E-state index contributed by atoms with van der Waals surface area (Å²) in [5.74, 6) is 0.174. The van der Waals surface area contributed by atoms with Gasteiger partial charge in [0.05, 0.1) is 19.3 Å². The maximum absolute atomic E-state index is 11.3. The number of rotatable bonds is 12. The average Bonchev–Trinajstić information content (AvgIpc) is 2.30. The van der Waals surface area contributed by atoms with E-state index in [4.69, 9.17) is 14.2 Å². The van der Waals surface area contributed by atoms with E-state index >= 15 is 0 Å². The van der Waals surface area contributed by atoms with Crippen LogP contribution in [-0.4, -0.2) is 44.9 Å². The van der Waals surface area contributed by atoms with Crippen LogP contribution in [-0.2, 0) is 19.0 Å². The molecule has 17 heavy (non-hydrogen) atoms. The monoisotopic (exact) mass is 246 g/mol. The molecule has 0 saturated carbocycles. The second kappa shape index (κ2) is 12.0. The van der Waals surface area contributed by atoms with Crippen LogP contribution in [0, 0.1) is 0 Å². The van der Waals surface area contributed by atoms with Gasteiger partial charge in [0.2, 0.25) is 0 Å². The summed E-state index contributed by atoms with van der Waals surface area (Å²) in [5, 5.41) is 0. The SMILES string of the molecule is CCOCCOCCCCC(=O)COC(C)C. The van der Waals surface area contributed by atoms with Crippen molar-refractivity contribution in [3.8, 4) is 0 Å². The van der Waals surface area contributed by atoms with Crippen molar-refractivity contribution in [2.24, 2.45) is 0 Å². The number of ether oxygens (including phenoxy) is 3. The predicted molar refractivity (Wildman–Crippen MR) is 67.3 cm³/mol. The van der Waals surface area contributed by atoms with Crippen LogP contribution in [0.3, 0.4) is 0 Å². The van der Waals surface area contributed by atoms with Gasteiger partial charge in [0.15, 0.2) is 5.78 Å². The number of hydrogen-bond donors (Lipinski definition) is 0. The van der Waals surface area contributed by atoms with Crippen molar-refractivity contribution in [2.75, 3.05) is 33.0 Å². The molecule has 0 atom stereocenters. The summed E-state index contributed by atoms with van der Waals surface area (Å²) in [5.41, 5.74) is 0. The van der Waals surface area contributed by atoms with E-state index in [1.165, 1.54) is 0 Å². The fourth-order valence-corrected chi connectivity index (χ4v) is 1.22. The molecule has 0 fully saturated rings. The molecule has 0 aliphatic heterocycles. The summed E-state index contributed by atoms with van der Waals surface area (Å²) < 4.78 is 15.7. The van der Waals surface area contributed by atoms with Gasteiger partial charge in [-0.05, 0) is 33.6 Å². The van der Waals surface area contributed by atoms with E-state index in [-0.39, 0.29) is 18.5 Å². The summed E-state index contributed by atoms with van der Waals surface area (Å²) in [6, 6.07) is 0. The summed E-state index contributed by atoms with van der Waals surface area (Å²) >= 11 is 0. The Labute approximate surface area is 105 Å². The van der Waals surface area contributed by atoms with E-state index < -0.39 is 0 Å². The largest absolute Gasteiger partial charge is 0.379 e. The Hall–Kier alpha value is -0.450. The summed E-state index contributed by atoms with van der Waals surface area (Å²) in [6.45, 7) is 8.78. The number of ketones is 1. The number of carbonyl (C=O) groups is 1. The topological polar surface area (TPSA) is 44.8 Å². The summed E-state index contributed by atoms with van der Waals surface area (Å²) in [4.78, 5) is 11.3. The lowest BCUT2D eigenvalue weighted by Crippen LogP contribution is -2.13. The molecule has 0 bridgehead atoms. The Balaban J connectivity index is 3.14. The van der Waals surface area contributed by atoms with E-state index in [2.05, 4.69) is 0 Å². The highest BCUT2D eigenvalue weighted by Crippen LogP contribution is 1.99. The zero-order chi connectivity index (χ0) is 12.9. The Morgan fingerprint density at radius 3 is 2.41 bits per heavy atom. The minimum atomic E-state index is 0.126. The molecule has 0 spiro atoms. The molecule has 0 aromatic carbocycles. The summed E-state index contributed by atoms with van der Waals surface area (Å²) in [7, 11) is 0. The molecule has 0 amide bonds. The second-order valence-corrected chi connectivity index (χ2v) is 4.16. The molecular weight excluding hydrogens is 220 g/mol. The van der Waals surface area contributed by atoms with Crippen molar-refractivity contribution in [1.82, 2.24) is 0 Å². The molecule has 0 rings (SSSR count). The van der Waals surface area contributed by atoms with Gasteiger partial charge in [0.1, 0.15) is 6.61 Å². The second-order valence-electron chi connectivity index (χ2n) is 4.16. The third-order valence-corrected chi connectivity index (χ3v) is 2.15. The van der Waals surface area contributed by atoms with Crippen molar-refractivity contribution < 1.29 is 19.0 Å². The van der Waals surface area contributed by atoms with Gasteiger partial charge in [-0.25, -0.2) is 0 Å². The van der Waals surface area contributed by atoms with Crippen LogP contribution >= 0.6 is 0 Å². The van der Waals surface area contributed by atoms with Gasteiger partial charge in [-0.2, -0.15) is 0 Å². The molecule has 0 aliphatic carbocycles. The van der Waals surface area contributed by atoms with Crippen molar-refractivity contribution in [2.45, 2.75) is 46.1 Å². The average molecular weight is 246 g/mol. The quantitative estimate of drug-likeness (QED) is 0.495. The van der Waals surface area contributed by atoms with Gasteiger partial charge in [-0.3, -0.25) is 4.79 Å². The number of unbranched alkanes of at least 4 members (excludes halogenated alkanes) is 1. The highest BCUT2D eigenvalue weighted by molar-refractivity contribution is 5.79. The third kappa shape index (κ3) is 13.5. The van der Waals surface area contributed by atoms with E-state index in [1.807, 2.05) is 20.8 Å². The molecule has 0 aromatic rings. The van der Waals surface area contributed by atoms with Gasteiger partial charge >= 0.3 is 0 Å². The highest BCUT2D eigenvalue weighted by atomic mass is 16.5. The molecular formula is C13H26O4.